The molecule has 2 aromatic heterocycles. The fourth-order valence-electron chi connectivity index (χ4n) is 2.68. The van der Waals surface area contributed by atoms with Gasteiger partial charge in [-0.2, -0.15) is 0 Å². The third-order valence-corrected chi connectivity index (χ3v) is 4.66. The van der Waals surface area contributed by atoms with Crippen molar-refractivity contribution in [3.63, 3.8) is 0 Å². The summed E-state index contributed by atoms with van der Waals surface area (Å²) in [6.07, 6.45) is 0. The quantitative estimate of drug-likeness (QED) is 0.931. The molecule has 7 heteroatoms. The van der Waals surface area contributed by atoms with Gasteiger partial charge in [-0.3, -0.25) is 4.79 Å². The van der Waals surface area contributed by atoms with Crippen LogP contribution < -0.4 is 10.2 Å². The van der Waals surface area contributed by atoms with E-state index in [1.54, 1.807) is 0 Å². The standard InChI is InChI=1S/C16H21N5OS/c1-3-17-14-11-15(19-12(2)18-14)20-6-8-21(9-7-20)16(22)13-5-4-10-23-13/h4-5,10-11H,3,6-9H2,1-2H3,(H,17,18,19). The first kappa shape index (κ1) is 15.7. The fraction of sp³-hybridized carbons (Fsp3) is 0.438. The number of carbonyl (C=O) groups is 1. The van der Waals surface area contributed by atoms with E-state index in [9.17, 15) is 4.79 Å². The molecule has 1 N–H and O–H groups in total. The number of aryl methyl sites for hydroxylation is 1. The molecular formula is C16H21N5OS. The normalized spacial score (nSPS) is 14.9. The maximum absolute atomic E-state index is 12.4. The lowest BCUT2D eigenvalue weighted by atomic mass is 10.3. The van der Waals surface area contributed by atoms with E-state index in [-0.39, 0.29) is 5.91 Å². The van der Waals surface area contributed by atoms with Gasteiger partial charge in [-0.15, -0.1) is 11.3 Å². The van der Waals surface area contributed by atoms with Crippen LogP contribution in [0.25, 0.3) is 0 Å². The Hall–Kier alpha value is -2.15. The summed E-state index contributed by atoms with van der Waals surface area (Å²) in [7, 11) is 0. The zero-order valence-electron chi connectivity index (χ0n) is 13.5. The van der Waals surface area contributed by atoms with Crippen molar-refractivity contribution in [2.75, 3.05) is 42.9 Å². The first-order chi connectivity index (χ1) is 11.2. The van der Waals surface area contributed by atoms with E-state index in [0.29, 0.717) is 0 Å². The number of rotatable bonds is 4. The molecule has 0 saturated carbocycles. The van der Waals surface area contributed by atoms with E-state index >= 15 is 0 Å². The Morgan fingerprint density at radius 2 is 2.09 bits per heavy atom. The van der Waals surface area contributed by atoms with Crippen molar-refractivity contribution in [3.05, 3.63) is 34.3 Å². The molecule has 23 heavy (non-hydrogen) atoms. The largest absolute Gasteiger partial charge is 0.370 e. The highest BCUT2D eigenvalue weighted by atomic mass is 32.1. The number of thiophene rings is 1. The van der Waals surface area contributed by atoms with Gasteiger partial charge in [-0.1, -0.05) is 6.07 Å². The van der Waals surface area contributed by atoms with Crippen molar-refractivity contribution in [1.82, 2.24) is 14.9 Å². The molecular weight excluding hydrogens is 310 g/mol. The van der Waals surface area contributed by atoms with Crippen LogP contribution >= 0.6 is 11.3 Å². The number of hydrogen-bond donors (Lipinski definition) is 1. The SMILES string of the molecule is CCNc1cc(N2CCN(C(=O)c3cccs3)CC2)nc(C)n1. The van der Waals surface area contributed by atoms with Gasteiger partial charge in [0.2, 0.25) is 0 Å². The summed E-state index contributed by atoms with van der Waals surface area (Å²) in [6.45, 7) is 7.80. The predicted molar refractivity (Wildman–Crippen MR) is 93.4 cm³/mol. The van der Waals surface area contributed by atoms with Crippen molar-refractivity contribution in [2.24, 2.45) is 0 Å². The molecule has 6 nitrogen and oxygen atoms in total. The molecule has 1 saturated heterocycles. The molecule has 0 aliphatic carbocycles. The Morgan fingerprint density at radius 1 is 1.30 bits per heavy atom. The molecule has 0 atom stereocenters. The lowest BCUT2D eigenvalue weighted by molar-refractivity contribution is 0.0751. The summed E-state index contributed by atoms with van der Waals surface area (Å²) in [5.74, 6) is 2.67. The Morgan fingerprint density at radius 3 is 2.74 bits per heavy atom. The van der Waals surface area contributed by atoms with Gasteiger partial charge in [0.25, 0.3) is 5.91 Å². The maximum atomic E-state index is 12.4. The molecule has 3 rings (SSSR count). The molecule has 1 fully saturated rings. The Labute approximate surface area is 140 Å². The molecule has 0 unspecified atom stereocenters. The molecule has 1 aliphatic heterocycles. The van der Waals surface area contributed by atoms with E-state index in [1.807, 2.05) is 42.3 Å². The number of nitrogens with zero attached hydrogens (tertiary/aromatic N) is 4. The first-order valence-corrected chi connectivity index (χ1v) is 8.72. The van der Waals surface area contributed by atoms with E-state index < -0.39 is 0 Å². The highest BCUT2D eigenvalue weighted by Crippen LogP contribution is 2.19. The molecule has 2 aromatic rings. The minimum absolute atomic E-state index is 0.131. The third-order valence-electron chi connectivity index (χ3n) is 3.81. The van der Waals surface area contributed by atoms with Gasteiger partial charge >= 0.3 is 0 Å². The molecule has 1 aliphatic rings. The second kappa shape index (κ2) is 6.95. The average molecular weight is 331 g/mol. The summed E-state index contributed by atoms with van der Waals surface area (Å²) >= 11 is 1.50. The number of anilines is 2. The Balaban J connectivity index is 1.66. The van der Waals surface area contributed by atoms with Gasteiger partial charge in [-0.25, -0.2) is 9.97 Å². The van der Waals surface area contributed by atoms with Gasteiger partial charge < -0.3 is 15.1 Å². The van der Waals surface area contributed by atoms with Crippen LogP contribution in [0.3, 0.4) is 0 Å². The van der Waals surface area contributed by atoms with Gasteiger partial charge in [0.05, 0.1) is 4.88 Å². The number of amides is 1. The summed E-state index contributed by atoms with van der Waals surface area (Å²) in [5, 5.41) is 5.17. The van der Waals surface area contributed by atoms with Crippen LogP contribution in [-0.2, 0) is 0 Å². The maximum Gasteiger partial charge on any atom is 0.264 e. The summed E-state index contributed by atoms with van der Waals surface area (Å²) in [6, 6.07) is 5.78. The van der Waals surface area contributed by atoms with Crippen molar-refractivity contribution < 1.29 is 4.79 Å². The number of carbonyl (C=O) groups excluding carboxylic acids is 1. The average Bonchev–Trinajstić information content (AvgIpc) is 3.08. The number of hydrogen-bond acceptors (Lipinski definition) is 6. The van der Waals surface area contributed by atoms with Crippen molar-refractivity contribution in [3.8, 4) is 0 Å². The zero-order chi connectivity index (χ0) is 16.2. The van der Waals surface area contributed by atoms with E-state index in [2.05, 4.69) is 20.2 Å². The van der Waals surface area contributed by atoms with E-state index in [1.165, 1.54) is 11.3 Å². The molecule has 0 spiro atoms. The van der Waals surface area contributed by atoms with E-state index in [4.69, 9.17) is 0 Å². The second-order valence-corrected chi connectivity index (χ2v) is 6.39. The summed E-state index contributed by atoms with van der Waals surface area (Å²) < 4.78 is 0. The summed E-state index contributed by atoms with van der Waals surface area (Å²) in [5.41, 5.74) is 0. The van der Waals surface area contributed by atoms with Crippen molar-refractivity contribution >= 4 is 28.9 Å². The Bertz CT molecular complexity index is 665. The first-order valence-electron chi connectivity index (χ1n) is 7.84. The third kappa shape index (κ3) is 3.61. The summed E-state index contributed by atoms with van der Waals surface area (Å²) in [4.78, 5) is 26.2. The van der Waals surface area contributed by atoms with Gasteiger partial charge in [0.1, 0.15) is 17.5 Å². The lowest BCUT2D eigenvalue weighted by Gasteiger charge is -2.35. The topological polar surface area (TPSA) is 61.4 Å². The minimum Gasteiger partial charge on any atom is -0.370 e. The van der Waals surface area contributed by atoms with Crippen LogP contribution in [-0.4, -0.2) is 53.5 Å². The highest BCUT2D eigenvalue weighted by Gasteiger charge is 2.23. The van der Waals surface area contributed by atoms with Crippen LogP contribution in [0.2, 0.25) is 0 Å². The molecule has 0 aromatic carbocycles. The molecule has 0 bridgehead atoms. The molecule has 122 valence electrons. The van der Waals surface area contributed by atoms with Crippen LogP contribution in [0.1, 0.15) is 22.4 Å². The molecule has 3 heterocycles. The number of aromatic nitrogens is 2. The Kier molecular flexibility index (Phi) is 4.76. The van der Waals surface area contributed by atoms with Gasteiger partial charge in [0.15, 0.2) is 0 Å². The predicted octanol–water partition coefficient (Wildman–Crippen LogP) is 2.24. The van der Waals surface area contributed by atoms with Crippen LogP contribution in [0.4, 0.5) is 11.6 Å². The van der Waals surface area contributed by atoms with Gasteiger partial charge in [-0.05, 0) is 25.3 Å². The van der Waals surface area contributed by atoms with Crippen LogP contribution in [0.5, 0.6) is 0 Å². The van der Waals surface area contributed by atoms with Gasteiger partial charge in [0, 0.05) is 38.8 Å². The fourth-order valence-corrected chi connectivity index (χ4v) is 3.37. The van der Waals surface area contributed by atoms with Crippen LogP contribution in [0, 0.1) is 6.92 Å². The van der Waals surface area contributed by atoms with Crippen molar-refractivity contribution in [1.29, 1.82) is 0 Å². The molecule has 1 amide bonds. The minimum atomic E-state index is 0.131. The van der Waals surface area contributed by atoms with Crippen molar-refractivity contribution in [2.45, 2.75) is 13.8 Å². The van der Waals surface area contributed by atoms with E-state index in [0.717, 1.165) is 55.1 Å². The number of piperazine rings is 1. The lowest BCUT2D eigenvalue weighted by Crippen LogP contribution is -2.49. The smallest absolute Gasteiger partial charge is 0.264 e. The second-order valence-electron chi connectivity index (χ2n) is 5.45. The zero-order valence-corrected chi connectivity index (χ0v) is 14.3. The number of nitrogens with one attached hydrogen (secondary N) is 1. The highest BCUT2D eigenvalue weighted by molar-refractivity contribution is 7.12. The molecule has 0 radical (unpaired) electrons. The monoisotopic (exact) mass is 331 g/mol. The van der Waals surface area contributed by atoms with Crippen LogP contribution in [0.15, 0.2) is 23.6 Å².